The van der Waals surface area contributed by atoms with Gasteiger partial charge in [0.1, 0.15) is 11.5 Å². The molecule has 0 aliphatic heterocycles. The first kappa shape index (κ1) is 16.9. The summed E-state index contributed by atoms with van der Waals surface area (Å²) in [5, 5.41) is 14.6. The molecule has 3 aromatic carbocycles. The van der Waals surface area contributed by atoms with Crippen LogP contribution in [-0.4, -0.2) is 18.1 Å². The monoisotopic (exact) mass is 331 g/mol. The molecule has 0 aromatic heterocycles. The molecule has 1 unspecified atom stereocenters. The topological polar surface area (TPSA) is 49.3 Å². The summed E-state index contributed by atoms with van der Waals surface area (Å²) in [5.74, 6) is -1.01. The summed E-state index contributed by atoms with van der Waals surface area (Å²) in [5.41, 5.74) is 0.638. The second-order valence-corrected chi connectivity index (χ2v) is 5.96. The van der Waals surface area contributed by atoms with Crippen molar-refractivity contribution < 1.29 is 9.90 Å². The van der Waals surface area contributed by atoms with Gasteiger partial charge in [0.25, 0.3) is 0 Å². The van der Waals surface area contributed by atoms with Crippen molar-refractivity contribution in [2.24, 2.45) is 0 Å². The van der Waals surface area contributed by atoms with Gasteiger partial charge in [-0.05, 0) is 16.7 Å². The Labute approximate surface area is 148 Å². The highest BCUT2D eigenvalue weighted by molar-refractivity contribution is 5.86. The van der Waals surface area contributed by atoms with Crippen molar-refractivity contribution in [1.82, 2.24) is 5.32 Å². The number of likely N-dealkylation sites (N-methyl/N-ethyl adjacent to an activating group) is 1. The van der Waals surface area contributed by atoms with Crippen LogP contribution in [0, 0.1) is 0 Å². The van der Waals surface area contributed by atoms with Crippen molar-refractivity contribution >= 4 is 5.91 Å². The molecule has 25 heavy (non-hydrogen) atoms. The van der Waals surface area contributed by atoms with E-state index in [-0.39, 0.29) is 5.91 Å². The van der Waals surface area contributed by atoms with Crippen LogP contribution in [0.4, 0.5) is 0 Å². The second-order valence-electron chi connectivity index (χ2n) is 5.96. The molecule has 0 heterocycles. The van der Waals surface area contributed by atoms with Crippen molar-refractivity contribution in [1.29, 1.82) is 0 Å². The lowest BCUT2D eigenvalue weighted by molar-refractivity contribution is -0.127. The highest BCUT2D eigenvalue weighted by Gasteiger charge is 2.45. The molecule has 0 radical (unpaired) electrons. The number of benzene rings is 3. The van der Waals surface area contributed by atoms with Gasteiger partial charge < -0.3 is 10.4 Å². The molecule has 0 spiro atoms. The molecule has 3 heteroatoms. The first-order valence-corrected chi connectivity index (χ1v) is 8.28. The Bertz CT molecular complexity index is 777. The molecule has 3 nitrogen and oxygen atoms in total. The SMILES string of the molecule is CNC(=O)C(c1ccccc1)C(O)(c1ccccc1)c1ccccc1. The average molecular weight is 331 g/mol. The first-order valence-electron chi connectivity index (χ1n) is 8.28. The van der Waals surface area contributed by atoms with Crippen LogP contribution in [0.25, 0.3) is 0 Å². The van der Waals surface area contributed by atoms with Gasteiger partial charge in [-0.15, -0.1) is 0 Å². The largest absolute Gasteiger partial charge is 0.379 e. The number of amides is 1. The van der Waals surface area contributed by atoms with Gasteiger partial charge in [0.05, 0.1) is 0 Å². The zero-order valence-electron chi connectivity index (χ0n) is 14.1. The number of carbonyl (C=O) groups excluding carboxylic acids is 1. The standard InChI is InChI=1S/C22H21NO2/c1-23-21(24)20(17-11-5-2-6-12-17)22(25,18-13-7-3-8-14-18)19-15-9-4-10-16-19/h2-16,20,25H,1H3,(H,23,24). The van der Waals surface area contributed by atoms with Gasteiger partial charge in [-0.3, -0.25) is 4.79 Å². The van der Waals surface area contributed by atoms with E-state index < -0.39 is 11.5 Å². The van der Waals surface area contributed by atoms with Gasteiger partial charge in [-0.25, -0.2) is 0 Å². The highest BCUT2D eigenvalue weighted by Crippen LogP contribution is 2.42. The Hall–Kier alpha value is -2.91. The highest BCUT2D eigenvalue weighted by atomic mass is 16.3. The van der Waals surface area contributed by atoms with E-state index in [1.807, 2.05) is 91.0 Å². The number of aliphatic hydroxyl groups is 1. The summed E-state index contributed by atoms with van der Waals surface area (Å²) in [7, 11) is 1.59. The summed E-state index contributed by atoms with van der Waals surface area (Å²) in [6.45, 7) is 0. The Morgan fingerprint density at radius 1 is 0.800 bits per heavy atom. The van der Waals surface area contributed by atoms with Crippen LogP contribution in [0.1, 0.15) is 22.6 Å². The normalized spacial score (nSPS) is 12.4. The maximum absolute atomic E-state index is 12.8. The van der Waals surface area contributed by atoms with E-state index in [0.29, 0.717) is 11.1 Å². The van der Waals surface area contributed by atoms with Gasteiger partial charge in [0.15, 0.2) is 0 Å². The number of carbonyl (C=O) groups is 1. The second kappa shape index (κ2) is 7.32. The molecule has 126 valence electrons. The van der Waals surface area contributed by atoms with E-state index in [2.05, 4.69) is 5.32 Å². The molecule has 0 saturated carbocycles. The molecule has 0 saturated heterocycles. The molecule has 0 aliphatic carbocycles. The minimum Gasteiger partial charge on any atom is -0.379 e. The molecule has 1 atom stereocenters. The van der Waals surface area contributed by atoms with Gasteiger partial charge in [0, 0.05) is 7.05 Å². The fraction of sp³-hybridized carbons (Fsp3) is 0.136. The Balaban J connectivity index is 2.27. The maximum atomic E-state index is 12.8. The lowest BCUT2D eigenvalue weighted by atomic mass is 9.72. The van der Waals surface area contributed by atoms with Gasteiger partial charge in [-0.1, -0.05) is 91.0 Å². The fourth-order valence-electron chi connectivity index (χ4n) is 3.26. The number of rotatable bonds is 5. The van der Waals surface area contributed by atoms with Crippen LogP contribution in [0.3, 0.4) is 0 Å². The number of hydrogen-bond donors (Lipinski definition) is 2. The van der Waals surface area contributed by atoms with Crippen LogP contribution in [-0.2, 0) is 10.4 Å². The third kappa shape index (κ3) is 3.19. The van der Waals surface area contributed by atoms with E-state index in [0.717, 1.165) is 5.56 Å². The Morgan fingerprint density at radius 2 is 1.20 bits per heavy atom. The van der Waals surface area contributed by atoms with Crippen LogP contribution in [0.15, 0.2) is 91.0 Å². The van der Waals surface area contributed by atoms with E-state index >= 15 is 0 Å². The fourth-order valence-corrected chi connectivity index (χ4v) is 3.26. The lowest BCUT2D eigenvalue weighted by Crippen LogP contribution is -2.43. The molecule has 3 aromatic rings. The van der Waals surface area contributed by atoms with Crippen LogP contribution in [0.2, 0.25) is 0 Å². The van der Waals surface area contributed by atoms with Crippen molar-refractivity contribution in [3.63, 3.8) is 0 Å². The van der Waals surface area contributed by atoms with E-state index in [4.69, 9.17) is 0 Å². The van der Waals surface area contributed by atoms with Gasteiger partial charge in [-0.2, -0.15) is 0 Å². The van der Waals surface area contributed by atoms with Crippen molar-refractivity contribution in [2.75, 3.05) is 7.05 Å². The number of hydrogen-bond acceptors (Lipinski definition) is 2. The average Bonchev–Trinajstić information content (AvgIpc) is 2.70. The quantitative estimate of drug-likeness (QED) is 0.752. The minimum absolute atomic E-state index is 0.235. The molecule has 0 bridgehead atoms. The smallest absolute Gasteiger partial charge is 0.230 e. The maximum Gasteiger partial charge on any atom is 0.230 e. The Kier molecular flexibility index (Phi) is 4.96. The van der Waals surface area contributed by atoms with Crippen molar-refractivity contribution in [3.8, 4) is 0 Å². The third-order valence-electron chi connectivity index (χ3n) is 4.49. The number of nitrogens with one attached hydrogen (secondary N) is 1. The zero-order chi connectivity index (χ0) is 17.7. The van der Waals surface area contributed by atoms with Gasteiger partial charge in [0.2, 0.25) is 5.91 Å². The summed E-state index contributed by atoms with van der Waals surface area (Å²) < 4.78 is 0. The van der Waals surface area contributed by atoms with Crippen molar-refractivity contribution in [2.45, 2.75) is 11.5 Å². The predicted octanol–water partition coefficient (Wildman–Crippen LogP) is 3.45. The van der Waals surface area contributed by atoms with Crippen molar-refractivity contribution in [3.05, 3.63) is 108 Å². The molecule has 0 fully saturated rings. The van der Waals surface area contributed by atoms with Crippen LogP contribution < -0.4 is 5.32 Å². The molecule has 3 rings (SSSR count). The van der Waals surface area contributed by atoms with E-state index in [1.165, 1.54) is 0 Å². The molecule has 1 amide bonds. The summed E-state index contributed by atoms with van der Waals surface area (Å²) in [6, 6.07) is 28.1. The zero-order valence-corrected chi connectivity index (χ0v) is 14.1. The summed E-state index contributed by atoms with van der Waals surface area (Å²) in [6.07, 6.45) is 0. The minimum atomic E-state index is -1.48. The lowest BCUT2D eigenvalue weighted by Gasteiger charge is -2.36. The molecular weight excluding hydrogens is 310 g/mol. The molecule has 0 aliphatic rings. The van der Waals surface area contributed by atoms with Crippen LogP contribution in [0.5, 0.6) is 0 Å². The molecular formula is C22H21NO2. The summed E-state index contributed by atoms with van der Waals surface area (Å²) >= 11 is 0. The summed E-state index contributed by atoms with van der Waals surface area (Å²) in [4.78, 5) is 12.8. The first-order chi connectivity index (χ1) is 12.2. The Morgan fingerprint density at radius 3 is 1.60 bits per heavy atom. The van der Waals surface area contributed by atoms with E-state index in [1.54, 1.807) is 7.05 Å². The molecule has 2 N–H and O–H groups in total. The van der Waals surface area contributed by atoms with E-state index in [9.17, 15) is 9.90 Å². The van der Waals surface area contributed by atoms with Gasteiger partial charge >= 0.3 is 0 Å². The van der Waals surface area contributed by atoms with Crippen LogP contribution >= 0.6 is 0 Å². The predicted molar refractivity (Wildman–Crippen MR) is 99.1 cm³/mol. The third-order valence-corrected chi connectivity index (χ3v) is 4.49.